The molecule has 0 N–H and O–H groups in total. The van der Waals surface area contributed by atoms with Crippen LogP contribution in [-0.2, 0) is 0 Å². The average molecular weight is 511 g/mol. The van der Waals surface area contributed by atoms with Gasteiger partial charge in [-0.2, -0.15) is 0 Å². The van der Waals surface area contributed by atoms with E-state index in [0.29, 0.717) is 0 Å². The maximum Gasteiger partial charge on any atom is -0.0381 e. The van der Waals surface area contributed by atoms with Gasteiger partial charge in [0.15, 0.2) is 0 Å². The van der Waals surface area contributed by atoms with Gasteiger partial charge in [0.1, 0.15) is 0 Å². The Bertz CT molecular complexity index is 307. The quantitative estimate of drug-likeness (QED) is 0.0623. The molecule has 212 valence electrons. The minimum atomic E-state index is 1.29. The molecule has 1 atom stereocenters. The Labute approximate surface area is 227 Å². The lowest BCUT2D eigenvalue weighted by Gasteiger charge is -2.04. The predicted molar refractivity (Wildman–Crippen MR) is 168 cm³/mol. The fourth-order valence-corrected chi connectivity index (χ4v) is 5.81. The number of hydrogen-bond acceptors (Lipinski definition) is 0. The van der Waals surface area contributed by atoms with Crippen LogP contribution in [0.5, 0.6) is 0 Å². The molecule has 0 nitrogen and oxygen atoms in total. The summed E-state index contributed by atoms with van der Waals surface area (Å²) in [4.78, 5) is 0. The van der Waals surface area contributed by atoms with E-state index in [2.05, 4.69) is 16.2 Å². The molecule has 1 heteroatoms. The van der Waals surface area contributed by atoms with Gasteiger partial charge in [-0.25, -0.2) is 0 Å². The molecule has 0 amide bonds. The van der Waals surface area contributed by atoms with E-state index in [1.807, 2.05) is 0 Å². The number of hydrogen-bond donors (Lipinski definition) is 0. The SMILES string of the molecule is CCCCCCCCCCCCCCCCCCCCCCCCCCCCCCCCCCP. The Morgan fingerprint density at radius 2 is 0.371 bits per heavy atom. The van der Waals surface area contributed by atoms with Gasteiger partial charge in [0.05, 0.1) is 0 Å². The van der Waals surface area contributed by atoms with Crippen LogP contribution in [-0.4, -0.2) is 6.16 Å². The van der Waals surface area contributed by atoms with Crippen molar-refractivity contribution >= 4 is 9.24 Å². The molecule has 35 heavy (non-hydrogen) atoms. The first-order chi connectivity index (χ1) is 17.4. The molecule has 0 fully saturated rings. The molecular formula is C34H71P. The van der Waals surface area contributed by atoms with Crippen molar-refractivity contribution in [1.82, 2.24) is 0 Å². The van der Waals surface area contributed by atoms with Crippen molar-refractivity contribution in [3.8, 4) is 0 Å². The molecule has 0 saturated heterocycles. The molecule has 0 saturated carbocycles. The third-order valence-electron chi connectivity index (χ3n) is 8.06. The number of rotatable bonds is 32. The Hall–Kier alpha value is 0.430. The summed E-state index contributed by atoms with van der Waals surface area (Å²) in [5.41, 5.74) is 0. The van der Waals surface area contributed by atoms with Crippen LogP contribution in [0.1, 0.15) is 212 Å². The molecule has 0 rings (SSSR count). The zero-order valence-electron chi connectivity index (χ0n) is 24.9. The largest absolute Gasteiger partial charge is 0.138 e. The maximum absolute atomic E-state index is 2.85. The summed E-state index contributed by atoms with van der Waals surface area (Å²) >= 11 is 0. The van der Waals surface area contributed by atoms with Crippen LogP contribution in [0.25, 0.3) is 0 Å². The zero-order valence-corrected chi connectivity index (χ0v) is 26.1. The first-order valence-electron chi connectivity index (χ1n) is 17.1. The van der Waals surface area contributed by atoms with Crippen LogP contribution in [0, 0.1) is 0 Å². The van der Waals surface area contributed by atoms with Gasteiger partial charge in [0, 0.05) is 0 Å². The van der Waals surface area contributed by atoms with E-state index in [9.17, 15) is 0 Å². The van der Waals surface area contributed by atoms with Crippen molar-refractivity contribution in [2.45, 2.75) is 212 Å². The first-order valence-corrected chi connectivity index (χ1v) is 17.9. The number of unbranched alkanes of at least 4 members (excludes halogenated alkanes) is 31. The van der Waals surface area contributed by atoms with Gasteiger partial charge in [-0.15, -0.1) is 9.24 Å². The molecule has 1 unspecified atom stereocenters. The molecule has 0 aliphatic carbocycles. The van der Waals surface area contributed by atoms with E-state index in [1.54, 1.807) is 0 Å². The predicted octanol–water partition coefficient (Wildman–Crippen LogP) is 13.4. The first kappa shape index (κ1) is 35.4. The Balaban J connectivity index is 3.00. The van der Waals surface area contributed by atoms with Crippen LogP contribution in [0.3, 0.4) is 0 Å². The molecule has 0 aromatic carbocycles. The maximum atomic E-state index is 2.85. The lowest BCUT2D eigenvalue weighted by atomic mass is 10.0. The highest BCUT2D eigenvalue weighted by atomic mass is 31.0. The third kappa shape index (κ3) is 34.4. The van der Waals surface area contributed by atoms with Gasteiger partial charge in [-0.05, 0) is 12.6 Å². The monoisotopic (exact) mass is 511 g/mol. The summed E-state index contributed by atoms with van der Waals surface area (Å²) in [6, 6.07) is 0. The summed E-state index contributed by atoms with van der Waals surface area (Å²) in [5, 5.41) is 0. The van der Waals surface area contributed by atoms with Crippen molar-refractivity contribution in [2.24, 2.45) is 0 Å². The second-order valence-corrected chi connectivity index (χ2v) is 12.3. The Morgan fingerprint density at radius 1 is 0.229 bits per heavy atom. The van der Waals surface area contributed by atoms with Crippen molar-refractivity contribution in [3.63, 3.8) is 0 Å². The topological polar surface area (TPSA) is 0 Å². The van der Waals surface area contributed by atoms with E-state index in [-0.39, 0.29) is 0 Å². The lowest BCUT2D eigenvalue weighted by molar-refractivity contribution is 0.512. The van der Waals surface area contributed by atoms with Crippen LogP contribution in [0.4, 0.5) is 0 Å². The standard InChI is InChI=1S/C34H71P/c1-2-3-4-5-6-7-8-9-10-11-12-13-14-15-16-17-18-19-20-21-22-23-24-25-26-27-28-29-30-31-32-33-34-35/h2-35H2,1H3. The highest BCUT2D eigenvalue weighted by Gasteiger charge is 1.97. The summed E-state index contributed by atoms with van der Waals surface area (Å²) in [6.45, 7) is 2.31. The molecule has 0 aliphatic heterocycles. The van der Waals surface area contributed by atoms with Crippen molar-refractivity contribution < 1.29 is 0 Å². The zero-order chi connectivity index (χ0) is 25.3. The highest BCUT2D eigenvalue weighted by molar-refractivity contribution is 7.16. The summed E-state index contributed by atoms with van der Waals surface area (Å²) in [6.07, 6.45) is 48.7. The fraction of sp³-hybridized carbons (Fsp3) is 1.00. The third-order valence-corrected chi connectivity index (χ3v) is 8.47. The molecule has 0 spiro atoms. The van der Waals surface area contributed by atoms with E-state index in [4.69, 9.17) is 0 Å². The average Bonchev–Trinajstić information content (AvgIpc) is 2.87. The van der Waals surface area contributed by atoms with Crippen LogP contribution in [0.15, 0.2) is 0 Å². The van der Waals surface area contributed by atoms with Gasteiger partial charge < -0.3 is 0 Å². The minimum absolute atomic E-state index is 1.29. The van der Waals surface area contributed by atoms with Gasteiger partial charge in [-0.1, -0.05) is 206 Å². The molecule has 0 aromatic heterocycles. The Kier molecular flexibility index (Phi) is 34.9. The lowest BCUT2D eigenvalue weighted by Crippen LogP contribution is -1.85. The van der Waals surface area contributed by atoms with Crippen LogP contribution >= 0.6 is 9.24 Å². The van der Waals surface area contributed by atoms with E-state index in [1.165, 1.54) is 212 Å². The fourth-order valence-electron chi connectivity index (χ4n) is 5.52. The molecule has 0 bridgehead atoms. The summed E-state index contributed by atoms with van der Waals surface area (Å²) in [5.74, 6) is 0. The van der Waals surface area contributed by atoms with Gasteiger partial charge in [-0.3, -0.25) is 0 Å². The van der Waals surface area contributed by atoms with E-state index < -0.39 is 0 Å². The van der Waals surface area contributed by atoms with Crippen molar-refractivity contribution in [2.75, 3.05) is 6.16 Å². The minimum Gasteiger partial charge on any atom is -0.138 e. The molecule has 0 heterocycles. The van der Waals surface area contributed by atoms with Gasteiger partial charge in [0.25, 0.3) is 0 Å². The Morgan fingerprint density at radius 3 is 0.514 bits per heavy atom. The second-order valence-electron chi connectivity index (χ2n) is 11.7. The highest BCUT2D eigenvalue weighted by Crippen LogP contribution is 2.16. The molecule has 0 aromatic rings. The van der Waals surface area contributed by atoms with Crippen molar-refractivity contribution in [1.29, 1.82) is 0 Å². The van der Waals surface area contributed by atoms with E-state index in [0.717, 1.165) is 0 Å². The van der Waals surface area contributed by atoms with Crippen LogP contribution in [0.2, 0.25) is 0 Å². The summed E-state index contributed by atoms with van der Waals surface area (Å²) < 4.78 is 0. The molecular weight excluding hydrogens is 439 g/mol. The normalized spacial score (nSPS) is 11.5. The summed E-state index contributed by atoms with van der Waals surface area (Å²) in [7, 11) is 2.85. The molecule has 0 aliphatic rings. The second kappa shape index (κ2) is 34.4. The van der Waals surface area contributed by atoms with E-state index >= 15 is 0 Å². The molecule has 0 radical (unpaired) electrons. The van der Waals surface area contributed by atoms with Gasteiger partial charge in [0.2, 0.25) is 0 Å². The smallest absolute Gasteiger partial charge is 0.0381 e. The van der Waals surface area contributed by atoms with Gasteiger partial charge >= 0.3 is 0 Å². The van der Waals surface area contributed by atoms with Crippen molar-refractivity contribution in [3.05, 3.63) is 0 Å². The van der Waals surface area contributed by atoms with Crippen LogP contribution < -0.4 is 0 Å².